The Balaban J connectivity index is 2.40. The summed E-state index contributed by atoms with van der Waals surface area (Å²) in [5, 5.41) is 0.363. The predicted octanol–water partition coefficient (Wildman–Crippen LogP) is 2.67. The number of hydrogen-bond donors (Lipinski definition) is 1. The minimum Gasteiger partial charge on any atom is -0.369 e. The molecule has 0 heterocycles. The Kier molecular flexibility index (Phi) is 5.64. The molecule has 23 heavy (non-hydrogen) atoms. The van der Waals surface area contributed by atoms with Crippen LogP contribution in [0, 0.1) is 0 Å². The van der Waals surface area contributed by atoms with Gasteiger partial charge in [-0.2, -0.15) is 4.31 Å². The van der Waals surface area contributed by atoms with Crippen LogP contribution in [-0.2, 0) is 21.4 Å². The SMILES string of the molecule is NC(=O)CN(Cc1ccccc1)S(=O)(=O)c1ccc(Cl)c(Cl)c1. The number of amides is 1. The van der Waals surface area contributed by atoms with E-state index >= 15 is 0 Å². The number of nitrogens with zero attached hydrogens (tertiary/aromatic N) is 1. The molecule has 8 heteroatoms. The summed E-state index contributed by atoms with van der Waals surface area (Å²) in [6, 6.07) is 12.9. The summed E-state index contributed by atoms with van der Waals surface area (Å²) < 4.78 is 26.5. The summed E-state index contributed by atoms with van der Waals surface area (Å²) in [6.45, 7) is -0.413. The number of rotatable bonds is 6. The van der Waals surface area contributed by atoms with E-state index in [0.717, 1.165) is 9.87 Å². The second-order valence-corrected chi connectivity index (χ2v) is 7.55. The van der Waals surface area contributed by atoms with Crippen molar-refractivity contribution < 1.29 is 13.2 Å². The summed E-state index contributed by atoms with van der Waals surface area (Å²) in [7, 11) is -3.94. The quantitative estimate of drug-likeness (QED) is 0.845. The van der Waals surface area contributed by atoms with Crippen LogP contribution in [0.15, 0.2) is 53.4 Å². The first-order valence-corrected chi connectivity index (χ1v) is 8.78. The van der Waals surface area contributed by atoms with Crippen LogP contribution in [0.2, 0.25) is 10.0 Å². The number of halogens is 2. The van der Waals surface area contributed by atoms with Gasteiger partial charge in [-0.1, -0.05) is 53.5 Å². The van der Waals surface area contributed by atoms with Crippen molar-refractivity contribution in [3.63, 3.8) is 0 Å². The highest BCUT2D eigenvalue weighted by Gasteiger charge is 2.26. The van der Waals surface area contributed by atoms with E-state index in [1.807, 2.05) is 6.07 Å². The van der Waals surface area contributed by atoms with E-state index in [0.29, 0.717) is 0 Å². The van der Waals surface area contributed by atoms with Crippen LogP contribution < -0.4 is 5.73 Å². The van der Waals surface area contributed by atoms with Crippen molar-refractivity contribution >= 4 is 39.1 Å². The molecule has 0 atom stereocenters. The van der Waals surface area contributed by atoms with Gasteiger partial charge in [-0.05, 0) is 23.8 Å². The maximum Gasteiger partial charge on any atom is 0.243 e. The molecule has 0 radical (unpaired) electrons. The molecule has 0 saturated heterocycles. The molecule has 2 aromatic rings. The van der Waals surface area contributed by atoms with Gasteiger partial charge in [0.25, 0.3) is 0 Å². The first-order chi connectivity index (χ1) is 10.8. The van der Waals surface area contributed by atoms with Gasteiger partial charge in [0, 0.05) is 6.54 Å². The Morgan fingerprint density at radius 2 is 1.70 bits per heavy atom. The van der Waals surface area contributed by atoms with Gasteiger partial charge in [-0.25, -0.2) is 8.42 Å². The summed E-state index contributed by atoms with van der Waals surface area (Å²) in [6.07, 6.45) is 0. The lowest BCUT2D eigenvalue weighted by Gasteiger charge is -2.21. The Morgan fingerprint density at radius 3 is 2.26 bits per heavy atom. The molecule has 2 aromatic carbocycles. The molecule has 5 nitrogen and oxygen atoms in total. The van der Waals surface area contributed by atoms with Gasteiger partial charge < -0.3 is 5.73 Å². The van der Waals surface area contributed by atoms with Crippen molar-refractivity contribution in [2.75, 3.05) is 6.54 Å². The molecule has 0 aliphatic carbocycles. The summed E-state index contributed by atoms with van der Waals surface area (Å²) in [5.41, 5.74) is 5.92. The number of hydrogen-bond acceptors (Lipinski definition) is 3. The van der Waals surface area contributed by atoms with Gasteiger partial charge >= 0.3 is 0 Å². The first kappa shape index (κ1) is 17.7. The van der Waals surface area contributed by atoms with Crippen LogP contribution in [0.3, 0.4) is 0 Å². The standard InChI is InChI=1S/C15H14Cl2N2O3S/c16-13-7-6-12(8-14(13)17)23(21,22)19(10-15(18)20)9-11-4-2-1-3-5-11/h1-8H,9-10H2,(H2,18,20). The molecule has 0 aliphatic rings. The first-order valence-electron chi connectivity index (χ1n) is 6.58. The van der Waals surface area contributed by atoms with Gasteiger partial charge in [-0.3, -0.25) is 4.79 Å². The fraction of sp³-hybridized carbons (Fsp3) is 0.133. The highest BCUT2D eigenvalue weighted by atomic mass is 35.5. The largest absolute Gasteiger partial charge is 0.369 e. The van der Waals surface area contributed by atoms with Gasteiger partial charge in [0.15, 0.2) is 0 Å². The molecular formula is C15H14Cl2N2O3S. The van der Waals surface area contributed by atoms with Gasteiger partial charge in [0.1, 0.15) is 0 Å². The van der Waals surface area contributed by atoms with Gasteiger partial charge in [0.2, 0.25) is 15.9 Å². The molecule has 0 unspecified atom stereocenters. The van der Waals surface area contributed by atoms with Crippen LogP contribution in [0.1, 0.15) is 5.56 Å². The van der Waals surface area contributed by atoms with Gasteiger partial charge in [-0.15, -0.1) is 0 Å². The van der Waals surface area contributed by atoms with Crippen molar-refractivity contribution in [1.82, 2.24) is 4.31 Å². The maximum atomic E-state index is 12.8. The maximum absolute atomic E-state index is 12.8. The second-order valence-electron chi connectivity index (χ2n) is 4.80. The average molecular weight is 373 g/mol. The second kappa shape index (κ2) is 7.31. The number of carbonyl (C=O) groups is 1. The zero-order valence-corrected chi connectivity index (χ0v) is 14.3. The molecule has 0 aliphatic heterocycles. The normalized spacial score (nSPS) is 11.6. The van der Waals surface area contributed by atoms with E-state index < -0.39 is 22.5 Å². The summed E-state index contributed by atoms with van der Waals surface area (Å²) in [5.74, 6) is -0.746. The lowest BCUT2D eigenvalue weighted by molar-refractivity contribution is -0.118. The van der Waals surface area contributed by atoms with Crippen LogP contribution in [-0.4, -0.2) is 25.2 Å². The predicted molar refractivity (Wildman–Crippen MR) is 89.7 cm³/mol. The molecular weight excluding hydrogens is 359 g/mol. The topological polar surface area (TPSA) is 80.5 Å². The molecule has 0 aromatic heterocycles. The lowest BCUT2D eigenvalue weighted by atomic mass is 10.2. The smallest absolute Gasteiger partial charge is 0.243 e. The minimum absolute atomic E-state index is 0.0202. The third kappa shape index (κ3) is 4.45. The zero-order chi connectivity index (χ0) is 17.0. The number of benzene rings is 2. The third-order valence-electron chi connectivity index (χ3n) is 3.06. The molecule has 122 valence electrons. The molecule has 0 saturated carbocycles. The van der Waals surface area contributed by atoms with Gasteiger partial charge in [0.05, 0.1) is 21.5 Å². The Hall–Kier alpha value is -1.60. The van der Waals surface area contributed by atoms with Crippen molar-refractivity contribution in [3.05, 3.63) is 64.1 Å². The number of sulfonamides is 1. The van der Waals surface area contributed by atoms with Crippen molar-refractivity contribution in [1.29, 1.82) is 0 Å². The van der Waals surface area contributed by atoms with E-state index in [-0.39, 0.29) is 21.5 Å². The summed E-state index contributed by atoms with van der Waals surface area (Å²) >= 11 is 11.7. The van der Waals surface area contributed by atoms with Crippen molar-refractivity contribution in [2.45, 2.75) is 11.4 Å². The Bertz CT molecular complexity index is 811. The van der Waals surface area contributed by atoms with E-state index in [4.69, 9.17) is 28.9 Å². The highest BCUT2D eigenvalue weighted by Crippen LogP contribution is 2.27. The molecule has 0 spiro atoms. The number of primary amides is 1. The number of carbonyl (C=O) groups excluding carboxylic acids is 1. The third-order valence-corrected chi connectivity index (χ3v) is 5.59. The molecule has 0 bridgehead atoms. The minimum atomic E-state index is -3.94. The summed E-state index contributed by atoms with van der Waals surface area (Å²) in [4.78, 5) is 11.2. The monoisotopic (exact) mass is 372 g/mol. The van der Waals surface area contributed by atoms with Crippen LogP contribution >= 0.6 is 23.2 Å². The zero-order valence-electron chi connectivity index (χ0n) is 11.9. The Labute approximate surface area is 144 Å². The van der Waals surface area contributed by atoms with E-state index in [2.05, 4.69) is 0 Å². The molecule has 0 fully saturated rings. The fourth-order valence-electron chi connectivity index (χ4n) is 1.97. The fourth-order valence-corrected chi connectivity index (χ4v) is 3.76. The van der Waals surface area contributed by atoms with Crippen LogP contribution in [0.25, 0.3) is 0 Å². The molecule has 2 N–H and O–H groups in total. The van der Waals surface area contributed by atoms with Crippen molar-refractivity contribution in [3.8, 4) is 0 Å². The highest BCUT2D eigenvalue weighted by molar-refractivity contribution is 7.89. The Morgan fingerprint density at radius 1 is 1.04 bits per heavy atom. The van der Waals surface area contributed by atoms with Crippen molar-refractivity contribution in [2.24, 2.45) is 5.73 Å². The van der Waals surface area contributed by atoms with E-state index in [9.17, 15) is 13.2 Å². The average Bonchev–Trinajstić information content (AvgIpc) is 2.50. The molecule has 1 amide bonds. The van der Waals surface area contributed by atoms with E-state index in [1.165, 1.54) is 18.2 Å². The number of nitrogens with two attached hydrogens (primary N) is 1. The molecule has 2 rings (SSSR count). The van der Waals surface area contributed by atoms with Crippen LogP contribution in [0.4, 0.5) is 0 Å². The van der Waals surface area contributed by atoms with E-state index in [1.54, 1.807) is 24.3 Å². The lowest BCUT2D eigenvalue weighted by Crippen LogP contribution is -2.38. The van der Waals surface area contributed by atoms with Crippen LogP contribution in [0.5, 0.6) is 0 Å².